The molecule has 50 valence electrons. The molecule has 0 bridgehead atoms. The van der Waals surface area contributed by atoms with Gasteiger partial charge < -0.3 is 0 Å². The van der Waals surface area contributed by atoms with Crippen molar-refractivity contribution in [1.82, 2.24) is 0 Å². The molecule has 1 unspecified atom stereocenters. The lowest BCUT2D eigenvalue weighted by Crippen LogP contribution is -1.99. The highest BCUT2D eigenvalue weighted by Gasteiger charge is 2.11. The third kappa shape index (κ3) is 1.21. The van der Waals surface area contributed by atoms with Crippen molar-refractivity contribution in [2.45, 2.75) is 20.3 Å². The second-order valence-electron chi connectivity index (χ2n) is 2.57. The van der Waals surface area contributed by atoms with Crippen molar-refractivity contribution in [1.29, 1.82) is 0 Å². The van der Waals surface area contributed by atoms with Crippen LogP contribution in [-0.4, -0.2) is 0 Å². The van der Waals surface area contributed by atoms with Gasteiger partial charge in [0, 0.05) is 5.92 Å². The van der Waals surface area contributed by atoms with Crippen LogP contribution in [0.1, 0.15) is 20.3 Å². The van der Waals surface area contributed by atoms with Gasteiger partial charge in [-0.2, -0.15) is 0 Å². The van der Waals surface area contributed by atoms with Crippen LogP contribution in [0.3, 0.4) is 0 Å². The van der Waals surface area contributed by atoms with Gasteiger partial charge in [0.15, 0.2) is 0 Å². The number of halogens is 1. The van der Waals surface area contributed by atoms with Gasteiger partial charge in [-0.25, -0.2) is 4.39 Å². The summed E-state index contributed by atoms with van der Waals surface area (Å²) in [5.41, 5.74) is 0.786. The molecule has 0 saturated heterocycles. The lowest BCUT2D eigenvalue weighted by Gasteiger charge is -2.11. The molecular weight excluding hydrogens is 115 g/mol. The van der Waals surface area contributed by atoms with E-state index in [1.54, 1.807) is 0 Å². The Morgan fingerprint density at radius 3 is 2.78 bits per heavy atom. The topological polar surface area (TPSA) is 0 Å². The molecule has 1 aliphatic carbocycles. The van der Waals surface area contributed by atoms with Gasteiger partial charge in [-0.05, 0) is 18.9 Å². The maximum Gasteiger partial charge on any atom is 0.106 e. The summed E-state index contributed by atoms with van der Waals surface area (Å²) >= 11 is 0. The summed E-state index contributed by atoms with van der Waals surface area (Å²) < 4.78 is 12.8. The van der Waals surface area contributed by atoms with Crippen LogP contribution in [-0.2, 0) is 0 Å². The van der Waals surface area contributed by atoms with E-state index in [1.165, 1.54) is 0 Å². The average Bonchev–Trinajstić information content (AvgIpc) is 1.83. The Morgan fingerprint density at radius 1 is 1.67 bits per heavy atom. The zero-order valence-corrected chi connectivity index (χ0v) is 5.82. The Kier molecular flexibility index (Phi) is 1.70. The minimum absolute atomic E-state index is 0.0532. The first-order chi connectivity index (χ1) is 4.22. The zero-order chi connectivity index (χ0) is 6.85. The molecule has 0 aliphatic heterocycles. The van der Waals surface area contributed by atoms with Crippen LogP contribution in [0.4, 0.5) is 4.39 Å². The van der Waals surface area contributed by atoms with Crippen molar-refractivity contribution in [2.75, 3.05) is 0 Å². The highest BCUT2D eigenvalue weighted by Crippen LogP contribution is 2.24. The molecule has 0 aromatic heterocycles. The van der Waals surface area contributed by atoms with Gasteiger partial charge in [0.1, 0.15) is 5.83 Å². The van der Waals surface area contributed by atoms with Crippen molar-refractivity contribution in [3.63, 3.8) is 0 Å². The maximum atomic E-state index is 12.8. The molecule has 0 amide bonds. The average molecular weight is 126 g/mol. The van der Waals surface area contributed by atoms with Crippen LogP contribution in [0.2, 0.25) is 0 Å². The molecule has 0 spiro atoms. The minimum Gasteiger partial charge on any atom is -0.211 e. The van der Waals surface area contributed by atoms with Crippen LogP contribution in [0.25, 0.3) is 0 Å². The summed E-state index contributed by atoms with van der Waals surface area (Å²) in [6.45, 7) is 3.71. The molecule has 0 aromatic rings. The third-order valence-electron chi connectivity index (χ3n) is 1.67. The Balaban J connectivity index is 2.83. The zero-order valence-electron chi connectivity index (χ0n) is 5.82. The normalized spacial score (nSPS) is 27.2. The summed E-state index contributed by atoms with van der Waals surface area (Å²) in [7, 11) is 0. The van der Waals surface area contributed by atoms with Crippen LogP contribution >= 0.6 is 0 Å². The summed E-state index contributed by atoms with van der Waals surface area (Å²) in [4.78, 5) is 0. The van der Waals surface area contributed by atoms with E-state index in [0.717, 1.165) is 12.0 Å². The lowest BCUT2D eigenvalue weighted by atomic mass is 9.97. The monoisotopic (exact) mass is 126 g/mol. The molecule has 0 nitrogen and oxygen atoms in total. The minimum atomic E-state index is 0.0532. The van der Waals surface area contributed by atoms with Crippen LogP contribution in [0.15, 0.2) is 23.6 Å². The molecule has 0 aromatic carbocycles. The fraction of sp³-hybridized carbons (Fsp3) is 0.500. The predicted molar refractivity (Wildman–Crippen MR) is 36.7 cm³/mol. The predicted octanol–water partition coefficient (Wildman–Crippen LogP) is 2.83. The van der Waals surface area contributed by atoms with Gasteiger partial charge in [0.25, 0.3) is 0 Å². The summed E-state index contributed by atoms with van der Waals surface area (Å²) in [6.07, 6.45) is 4.71. The molecule has 0 heterocycles. The van der Waals surface area contributed by atoms with Crippen LogP contribution < -0.4 is 0 Å². The molecule has 1 heteroatoms. The van der Waals surface area contributed by atoms with Crippen molar-refractivity contribution < 1.29 is 4.39 Å². The maximum absolute atomic E-state index is 12.8. The second-order valence-corrected chi connectivity index (χ2v) is 2.57. The van der Waals surface area contributed by atoms with E-state index >= 15 is 0 Å². The quantitative estimate of drug-likeness (QED) is 0.468. The summed E-state index contributed by atoms with van der Waals surface area (Å²) in [6, 6.07) is 0. The first-order valence-corrected chi connectivity index (χ1v) is 3.24. The highest BCUT2D eigenvalue weighted by atomic mass is 19.1. The number of allylic oxidation sites excluding steroid dienone is 4. The van der Waals surface area contributed by atoms with Gasteiger partial charge in [-0.1, -0.05) is 19.1 Å². The van der Waals surface area contributed by atoms with Crippen molar-refractivity contribution in [2.24, 2.45) is 5.92 Å². The molecule has 1 aliphatic rings. The van der Waals surface area contributed by atoms with Crippen molar-refractivity contribution in [3.8, 4) is 0 Å². The number of hydrogen-bond acceptors (Lipinski definition) is 0. The molecule has 9 heavy (non-hydrogen) atoms. The van der Waals surface area contributed by atoms with E-state index in [2.05, 4.69) is 0 Å². The lowest BCUT2D eigenvalue weighted by molar-refractivity contribution is 0.483. The first kappa shape index (κ1) is 6.53. The van der Waals surface area contributed by atoms with E-state index in [0.29, 0.717) is 0 Å². The van der Waals surface area contributed by atoms with Crippen LogP contribution in [0, 0.1) is 5.92 Å². The van der Waals surface area contributed by atoms with E-state index in [-0.39, 0.29) is 11.7 Å². The van der Waals surface area contributed by atoms with E-state index in [4.69, 9.17) is 0 Å². The van der Waals surface area contributed by atoms with Gasteiger partial charge in [0.2, 0.25) is 0 Å². The molecule has 0 N–H and O–H groups in total. The molecule has 1 rings (SSSR count). The Hall–Kier alpha value is -0.590. The summed E-state index contributed by atoms with van der Waals surface area (Å²) in [5.74, 6) is 0.160. The smallest absolute Gasteiger partial charge is 0.106 e. The summed E-state index contributed by atoms with van der Waals surface area (Å²) in [5, 5.41) is 0. The molecule has 0 fully saturated rings. The number of rotatable bonds is 0. The second kappa shape index (κ2) is 2.34. The van der Waals surface area contributed by atoms with E-state index in [1.807, 2.05) is 26.0 Å². The third-order valence-corrected chi connectivity index (χ3v) is 1.67. The highest BCUT2D eigenvalue weighted by molar-refractivity contribution is 5.25. The molecule has 0 saturated carbocycles. The molecular formula is C8H11F. The molecule has 1 atom stereocenters. The SMILES string of the molecule is CC1=C(F)C(C)CC=C1. The Bertz CT molecular complexity index is 165. The van der Waals surface area contributed by atoms with Gasteiger partial charge in [-0.15, -0.1) is 0 Å². The van der Waals surface area contributed by atoms with Gasteiger partial charge >= 0.3 is 0 Å². The van der Waals surface area contributed by atoms with Crippen molar-refractivity contribution in [3.05, 3.63) is 23.6 Å². The fourth-order valence-corrected chi connectivity index (χ4v) is 1.02. The van der Waals surface area contributed by atoms with E-state index in [9.17, 15) is 4.39 Å². The number of hydrogen-bond donors (Lipinski definition) is 0. The van der Waals surface area contributed by atoms with Gasteiger partial charge in [-0.3, -0.25) is 0 Å². The largest absolute Gasteiger partial charge is 0.211 e. The van der Waals surface area contributed by atoms with Crippen LogP contribution in [0.5, 0.6) is 0 Å². The van der Waals surface area contributed by atoms with Gasteiger partial charge in [0.05, 0.1) is 0 Å². The van der Waals surface area contributed by atoms with E-state index < -0.39 is 0 Å². The standard InChI is InChI=1S/C8H11F/c1-6-4-3-5-7(2)8(6)9/h3-4,7H,5H2,1-2H3. The Labute approximate surface area is 55.1 Å². The van der Waals surface area contributed by atoms with Crippen molar-refractivity contribution >= 4 is 0 Å². The Morgan fingerprint density at radius 2 is 2.33 bits per heavy atom. The molecule has 0 radical (unpaired) electrons. The first-order valence-electron chi connectivity index (χ1n) is 3.24. The fourth-order valence-electron chi connectivity index (χ4n) is 1.02.